The van der Waals surface area contributed by atoms with E-state index in [4.69, 9.17) is 16.4 Å². The molecule has 0 spiro atoms. The molecule has 0 fully saturated rings. The van der Waals surface area contributed by atoms with Crippen molar-refractivity contribution >= 4 is 17.3 Å². The van der Waals surface area contributed by atoms with Crippen LogP contribution in [-0.4, -0.2) is 40.8 Å². The minimum Gasteiger partial charge on any atom is -0.394 e. The van der Waals surface area contributed by atoms with Gasteiger partial charge in [-0.25, -0.2) is 9.45 Å². The van der Waals surface area contributed by atoms with Gasteiger partial charge >= 0.3 is 0 Å². The van der Waals surface area contributed by atoms with Gasteiger partial charge in [0.25, 0.3) is 5.91 Å². The van der Waals surface area contributed by atoms with Gasteiger partial charge in [-0.3, -0.25) is 14.6 Å². The van der Waals surface area contributed by atoms with Crippen LogP contribution < -0.4 is 5.32 Å². The maximum absolute atomic E-state index is 14.2. The molecule has 1 aliphatic heterocycles. The van der Waals surface area contributed by atoms with Crippen LogP contribution in [-0.2, 0) is 11.3 Å². The molecule has 128 valence electrons. The van der Waals surface area contributed by atoms with Gasteiger partial charge in [-0.15, -0.1) is 6.42 Å². The number of carbonyl (C=O) groups excluding carboxylic acids is 1. The lowest BCUT2D eigenvalue weighted by molar-refractivity contribution is -0.132. The van der Waals surface area contributed by atoms with Gasteiger partial charge in [-0.1, -0.05) is 5.92 Å². The van der Waals surface area contributed by atoms with Crippen molar-refractivity contribution in [3.8, 4) is 12.3 Å². The lowest BCUT2D eigenvalue weighted by Gasteiger charge is -2.28. The summed E-state index contributed by atoms with van der Waals surface area (Å²) in [6.45, 7) is 0.199. The van der Waals surface area contributed by atoms with Gasteiger partial charge < -0.3 is 10.4 Å². The van der Waals surface area contributed by atoms with Crippen molar-refractivity contribution in [3.63, 3.8) is 0 Å². The molecule has 1 aromatic heterocycles. The Morgan fingerprint density at radius 1 is 1.40 bits per heavy atom. The Labute approximate surface area is 144 Å². The fourth-order valence-electron chi connectivity index (χ4n) is 2.61. The molecule has 7 heteroatoms. The van der Waals surface area contributed by atoms with Crippen LogP contribution in [0.3, 0.4) is 0 Å². The summed E-state index contributed by atoms with van der Waals surface area (Å²) in [5, 5.41) is 13.0. The van der Waals surface area contributed by atoms with E-state index in [9.17, 15) is 9.18 Å². The standard InChI is InChI=1S/C18H16FN3O3/c1-2-12-3-4-15(14(19)9-12)21-16-11-20-10-13-5-6-22(25-8-7-23)18(24)17(13)16/h1,3-4,9-11,21,23H,5-8H2. The number of amides is 1. The smallest absolute Gasteiger partial charge is 0.279 e. The van der Waals surface area contributed by atoms with Crippen molar-refractivity contribution in [2.45, 2.75) is 6.42 Å². The van der Waals surface area contributed by atoms with Gasteiger partial charge in [0.05, 0.1) is 42.9 Å². The summed E-state index contributed by atoms with van der Waals surface area (Å²) in [6, 6.07) is 4.35. The number of nitrogens with one attached hydrogen (secondary N) is 1. The number of carbonyl (C=O) groups is 1. The zero-order chi connectivity index (χ0) is 17.8. The Bertz CT molecular complexity index is 848. The predicted octanol–water partition coefficient (Wildman–Crippen LogP) is 1.87. The predicted molar refractivity (Wildman–Crippen MR) is 89.6 cm³/mol. The van der Waals surface area contributed by atoms with E-state index in [1.807, 2.05) is 0 Å². The number of terminal acetylenes is 1. The summed E-state index contributed by atoms with van der Waals surface area (Å²) in [5.41, 5.74) is 2.12. The average molecular weight is 341 g/mol. The number of aliphatic hydroxyl groups excluding tert-OH is 1. The van der Waals surface area contributed by atoms with Crippen molar-refractivity contribution in [1.82, 2.24) is 10.0 Å². The Morgan fingerprint density at radius 3 is 2.96 bits per heavy atom. The molecule has 1 amide bonds. The monoisotopic (exact) mass is 341 g/mol. The van der Waals surface area contributed by atoms with E-state index >= 15 is 0 Å². The molecule has 6 nitrogen and oxygen atoms in total. The van der Waals surface area contributed by atoms with E-state index in [0.29, 0.717) is 29.8 Å². The fraction of sp³-hybridized carbons (Fsp3) is 0.222. The molecule has 1 aliphatic rings. The topological polar surface area (TPSA) is 74.7 Å². The Morgan fingerprint density at radius 2 is 2.24 bits per heavy atom. The Kier molecular flexibility index (Phi) is 4.93. The molecule has 3 rings (SSSR count). The molecular weight excluding hydrogens is 325 g/mol. The number of aromatic nitrogens is 1. The Balaban J connectivity index is 1.92. The molecule has 0 unspecified atom stereocenters. The van der Waals surface area contributed by atoms with Gasteiger partial charge in [-0.2, -0.15) is 0 Å². The lowest BCUT2D eigenvalue weighted by Crippen LogP contribution is -2.38. The number of pyridine rings is 1. The van der Waals surface area contributed by atoms with Crippen LogP contribution in [0.5, 0.6) is 0 Å². The number of halogens is 1. The molecule has 2 heterocycles. The third-order valence-corrected chi connectivity index (χ3v) is 3.79. The van der Waals surface area contributed by atoms with E-state index in [2.05, 4.69) is 16.2 Å². The first-order valence-electron chi connectivity index (χ1n) is 7.69. The molecule has 0 atom stereocenters. The number of rotatable bonds is 5. The van der Waals surface area contributed by atoms with Crippen molar-refractivity contribution in [3.05, 3.63) is 53.1 Å². The summed E-state index contributed by atoms with van der Waals surface area (Å²) < 4.78 is 14.2. The van der Waals surface area contributed by atoms with E-state index in [1.54, 1.807) is 12.3 Å². The van der Waals surface area contributed by atoms with Crippen molar-refractivity contribution in [2.75, 3.05) is 25.1 Å². The SMILES string of the molecule is C#Cc1ccc(Nc2cncc3c2C(=O)N(OCCO)CC3)c(F)c1. The van der Waals surface area contributed by atoms with Gasteiger partial charge in [0.1, 0.15) is 5.82 Å². The summed E-state index contributed by atoms with van der Waals surface area (Å²) in [4.78, 5) is 22.0. The van der Waals surface area contributed by atoms with Crippen LogP contribution in [0.15, 0.2) is 30.6 Å². The highest BCUT2D eigenvalue weighted by molar-refractivity contribution is 6.01. The molecule has 0 aliphatic carbocycles. The summed E-state index contributed by atoms with van der Waals surface area (Å²) >= 11 is 0. The summed E-state index contributed by atoms with van der Waals surface area (Å²) in [5.74, 6) is 1.48. The van der Waals surface area contributed by atoms with Gasteiger partial charge in [-0.05, 0) is 30.2 Å². The molecule has 2 N–H and O–H groups in total. The summed E-state index contributed by atoms with van der Waals surface area (Å²) in [6.07, 6.45) is 8.88. The number of hydrogen-bond acceptors (Lipinski definition) is 5. The van der Waals surface area contributed by atoms with Crippen LogP contribution in [0.4, 0.5) is 15.8 Å². The molecule has 0 radical (unpaired) electrons. The van der Waals surface area contributed by atoms with Crippen LogP contribution in [0, 0.1) is 18.2 Å². The maximum atomic E-state index is 14.2. The molecule has 25 heavy (non-hydrogen) atoms. The number of hydrogen-bond donors (Lipinski definition) is 2. The van der Waals surface area contributed by atoms with Gasteiger partial charge in [0.2, 0.25) is 0 Å². The molecule has 2 aromatic rings. The van der Waals surface area contributed by atoms with E-state index in [1.165, 1.54) is 23.4 Å². The Hall–Kier alpha value is -2.95. The zero-order valence-corrected chi connectivity index (χ0v) is 13.3. The first kappa shape index (κ1) is 16.9. The van der Waals surface area contributed by atoms with Crippen LogP contribution in [0.25, 0.3) is 0 Å². The third kappa shape index (κ3) is 3.45. The van der Waals surface area contributed by atoms with Gasteiger partial charge in [0, 0.05) is 11.8 Å². The van der Waals surface area contributed by atoms with E-state index in [0.717, 1.165) is 5.56 Å². The first-order chi connectivity index (χ1) is 12.1. The number of anilines is 2. The fourth-order valence-corrected chi connectivity index (χ4v) is 2.61. The molecule has 0 saturated carbocycles. The lowest BCUT2D eigenvalue weighted by atomic mass is 10.0. The summed E-state index contributed by atoms with van der Waals surface area (Å²) in [7, 11) is 0. The zero-order valence-electron chi connectivity index (χ0n) is 13.3. The number of benzene rings is 1. The molecule has 0 saturated heterocycles. The van der Waals surface area contributed by atoms with Crippen molar-refractivity contribution in [1.29, 1.82) is 0 Å². The molecule has 0 bridgehead atoms. The second kappa shape index (κ2) is 7.30. The van der Waals surface area contributed by atoms with Crippen LogP contribution in [0.2, 0.25) is 0 Å². The number of fused-ring (bicyclic) bond motifs is 1. The molecule has 1 aromatic carbocycles. The number of aliphatic hydroxyl groups is 1. The second-order valence-electron chi connectivity index (χ2n) is 5.40. The number of nitrogens with zero attached hydrogens (tertiary/aromatic N) is 2. The van der Waals surface area contributed by atoms with Crippen molar-refractivity contribution < 1.29 is 19.1 Å². The van der Waals surface area contributed by atoms with E-state index < -0.39 is 5.82 Å². The quantitative estimate of drug-likeness (QED) is 0.812. The van der Waals surface area contributed by atoms with Crippen molar-refractivity contribution in [2.24, 2.45) is 0 Å². The largest absolute Gasteiger partial charge is 0.394 e. The average Bonchev–Trinajstić information content (AvgIpc) is 2.63. The van der Waals surface area contributed by atoms with Crippen LogP contribution >= 0.6 is 0 Å². The maximum Gasteiger partial charge on any atom is 0.279 e. The van der Waals surface area contributed by atoms with E-state index in [-0.39, 0.29) is 24.8 Å². The highest BCUT2D eigenvalue weighted by atomic mass is 19.1. The van der Waals surface area contributed by atoms with Gasteiger partial charge in [0.15, 0.2) is 0 Å². The third-order valence-electron chi connectivity index (χ3n) is 3.79. The minimum absolute atomic E-state index is 0.0249. The highest BCUT2D eigenvalue weighted by Crippen LogP contribution is 2.29. The highest BCUT2D eigenvalue weighted by Gasteiger charge is 2.28. The number of hydroxylamine groups is 2. The minimum atomic E-state index is -0.523. The first-order valence-corrected chi connectivity index (χ1v) is 7.69. The molecular formula is C18H16FN3O3. The normalized spacial score (nSPS) is 13.3. The van der Waals surface area contributed by atoms with Crippen LogP contribution in [0.1, 0.15) is 21.5 Å². The second-order valence-corrected chi connectivity index (χ2v) is 5.40.